The molecule has 2 rings (SSSR count). The van der Waals surface area contributed by atoms with Crippen LogP contribution in [0.3, 0.4) is 0 Å². The number of anilines is 3. The van der Waals surface area contributed by atoms with E-state index in [-0.39, 0.29) is 12.1 Å². The fourth-order valence-corrected chi connectivity index (χ4v) is 2.16. The summed E-state index contributed by atoms with van der Waals surface area (Å²) in [5, 5.41) is 13.1. The summed E-state index contributed by atoms with van der Waals surface area (Å²) < 4.78 is 0. The molecule has 2 unspecified atom stereocenters. The van der Waals surface area contributed by atoms with Crippen LogP contribution in [0.25, 0.3) is 0 Å². The lowest BCUT2D eigenvalue weighted by atomic mass is 9.92. The molecule has 0 heterocycles. The van der Waals surface area contributed by atoms with Gasteiger partial charge in [-0.05, 0) is 31.0 Å². The first kappa shape index (κ1) is 11.1. The van der Waals surface area contributed by atoms with Crippen molar-refractivity contribution in [3.63, 3.8) is 0 Å². The van der Waals surface area contributed by atoms with Crippen molar-refractivity contribution in [2.24, 2.45) is 0 Å². The zero-order chi connectivity index (χ0) is 11.5. The highest BCUT2D eigenvalue weighted by atomic mass is 16.3. The Balaban J connectivity index is 2.05. The van der Waals surface area contributed by atoms with Gasteiger partial charge in [-0.1, -0.05) is 12.8 Å². The molecule has 4 nitrogen and oxygen atoms in total. The van der Waals surface area contributed by atoms with E-state index in [9.17, 15) is 5.11 Å². The van der Waals surface area contributed by atoms with Crippen LogP contribution in [-0.2, 0) is 0 Å². The van der Waals surface area contributed by atoms with Crippen molar-refractivity contribution in [1.82, 2.24) is 0 Å². The number of benzene rings is 1. The standard InChI is InChI=1S/C12H19N3O/c13-9-6-5-8(7-10(9)14)15-11-3-1-2-4-12(11)16/h5-7,11-12,15-16H,1-4,13-14H2. The highest BCUT2D eigenvalue weighted by Crippen LogP contribution is 2.25. The first-order valence-corrected chi connectivity index (χ1v) is 5.76. The quantitative estimate of drug-likeness (QED) is 0.571. The number of nitrogens with one attached hydrogen (secondary N) is 1. The van der Waals surface area contributed by atoms with Gasteiger partial charge in [0.15, 0.2) is 0 Å². The molecule has 4 heteroatoms. The lowest BCUT2D eigenvalue weighted by Gasteiger charge is -2.29. The molecule has 6 N–H and O–H groups in total. The number of aliphatic hydroxyl groups is 1. The molecule has 0 aliphatic heterocycles. The molecule has 0 radical (unpaired) electrons. The lowest BCUT2D eigenvalue weighted by Crippen LogP contribution is -2.36. The molecule has 0 amide bonds. The topological polar surface area (TPSA) is 84.3 Å². The van der Waals surface area contributed by atoms with Crippen LogP contribution >= 0.6 is 0 Å². The molecule has 0 aromatic heterocycles. The Labute approximate surface area is 95.6 Å². The van der Waals surface area contributed by atoms with Crippen molar-refractivity contribution in [3.05, 3.63) is 18.2 Å². The first-order chi connectivity index (χ1) is 7.66. The largest absolute Gasteiger partial charge is 0.397 e. The van der Waals surface area contributed by atoms with Crippen molar-refractivity contribution in [2.75, 3.05) is 16.8 Å². The van der Waals surface area contributed by atoms with E-state index in [0.29, 0.717) is 11.4 Å². The van der Waals surface area contributed by atoms with E-state index in [0.717, 1.165) is 24.9 Å². The Kier molecular flexibility index (Phi) is 3.19. The van der Waals surface area contributed by atoms with Crippen molar-refractivity contribution in [2.45, 2.75) is 37.8 Å². The maximum Gasteiger partial charge on any atom is 0.0741 e. The van der Waals surface area contributed by atoms with Gasteiger partial charge in [0.1, 0.15) is 0 Å². The summed E-state index contributed by atoms with van der Waals surface area (Å²) in [5.74, 6) is 0. The van der Waals surface area contributed by atoms with Crippen molar-refractivity contribution < 1.29 is 5.11 Å². The zero-order valence-corrected chi connectivity index (χ0v) is 9.32. The fourth-order valence-electron chi connectivity index (χ4n) is 2.16. The van der Waals surface area contributed by atoms with Crippen LogP contribution in [0.5, 0.6) is 0 Å². The van der Waals surface area contributed by atoms with Crippen LogP contribution in [0.15, 0.2) is 18.2 Å². The fraction of sp³-hybridized carbons (Fsp3) is 0.500. The number of nitrogen functional groups attached to an aromatic ring is 2. The van der Waals surface area contributed by atoms with Gasteiger partial charge in [-0.15, -0.1) is 0 Å². The molecule has 0 bridgehead atoms. The Morgan fingerprint density at radius 3 is 2.56 bits per heavy atom. The van der Waals surface area contributed by atoms with Gasteiger partial charge >= 0.3 is 0 Å². The number of hydrogen-bond donors (Lipinski definition) is 4. The predicted molar refractivity (Wildman–Crippen MR) is 67.2 cm³/mol. The van der Waals surface area contributed by atoms with E-state index >= 15 is 0 Å². The SMILES string of the molecule is Nc1ccc(NC2CCCCC2O)cc1N. The average Bonchev–Trinajstić information content (AvgIpc) is 2.27. The third-order valence-corrected chi connectivity index (χ3v) is 3.17. The Morgan fingerprint density at radius 2 is 1.88 bits per heavy atom. The summed E-state index contributed by atoms with van der Waals surface area (Å²) in [5.41, 5.74) is 13.5. The molecule has 1 aliphatic carbocycles. The number of hydrogen-bond acceptors (Lipinski definition) is 4. The molecule has 1 aromatic carbocycles. The number of rotatable bonds is 2. The Morgan fingerprint density at radius 1 is 1.12 bits per heavy atom. The normalized spacial score (nSPS) is 25.3. The van der Waals surface area contributed by atoms with Crippen molar-refractivity contribution in [3.8, 4) is 0 Å². The minimum absolute atomic E-state index is 0.136. The Bertz CT molecular complexity index is 367. The van der Waals surface area contributed by atoms with Gasteiger partial charge < -0.3 is 21.9 Å². The molecule has 1 aromatic rings. The average molecular weight is 221 g/mol. The summed E-state index contributed by atoms with van der Waals surface area (Å²) in [7, 11) is 0. The zero-order valence-electron chi connectivity index (χ0n) is 9.32. The second kappa shape index (κ2) is 4.61. The highest BCUT2D eigenvalue weighted by Gasteiger charge is 2.22. The smallest absolute Gasteiger partial charge is 0.0741 e. The molecular formula is C12H19N3O. The van der Waals surface area contributed by atoms with Gasteiger partial charge in [-0.25, -0.2) is 0 Å². The molecule has 2 atom stereocenters. The van der Waals surface area contributed by atoms with Crippen LogP contribution in [0, 0.1) is 0 Å². The van der Waals surface area contributed by atoms with E-state index < -0.39 is 0 Å². The van der Waals surface area contributed by atoms with Crippen molar-refractivity contribution in [1.29, 1.82) is 0 Å². The van der Waals surface area contributed by atoms with Gasteiger partial charge in [-0.2, -0.15) is 0 Å². The summed E-state index contributed by atoms with van der Waals surface area (Å²) in [6.07, 6.45) is 3.91. The number of nitrogens with two attached hydrogens (primary N) is 2. The van der Waals surface area contributed by atoms with E-state index in [1.165, 1.54) is 6.42 Å². The number of aliphatic hydroxyl groups excluding tert-OH is 1. The van der Waals surface area contributed by atoms with E-state index in [4.69, 9.17) is 11.5 Å². The van der Waals surface area contributed by atoms with Gasteiger partial charge in [0.2, 0.25) is 0 Å². The third-order valence-electron chi connectivity index (χ3n) is 3.17. The van der Waals surface area contributed by atoms with E-state index in [2.05, 4.69) is 5.32 Å². The van der Waals surface area contributed by atoms with Gasteiger partial charge in [0, 0.05) is 5.69 Å². The molecule has 1 aliphatic rings. The second-order valence-electron chi connectivity index (χ2n) is 4.45. The molecule has 1 saturated carbocycles. The summed E-state index contributed by atoms with van der Waals surface area (Å²) in [6.45, 7) is 0. The summed E-state index contributed by atoms with van der Waals surface area (Å²) >= 11 is 0. The summed E-state index contributed by atoms with van der Waals surface area (Å²) in [6, 6.07) is 5.63. The lowest BCUT2D eigenvalue weighted by molar-refractivity contribution is 0.116. The molecule has 88 valence electrons. The van der Waals surface area contributed by atoms with Crippen LogP contribution in [0.4, 0.5) is 17.1 Å². The molecule has 0 spiro atoms. The minimum Gasteiger partial charge on any atom is -0.397 e. The molecular weight excluding hydrogens is 202 g/mol. The first-order valence-electron chi connectivity index (χ1n) is 5.76. The van der Waals surface area contributed by atoms with E-state index in [1.54, 1.807) is 6.07 Å². The second-order valence-corrected chi connectivity index (χ2v) is 4.45. The Hall–Kier alpha value is -1.42. The highest BCUT2D eigenvalue weighted by molar-refractivity contribution is 5.69. The maximum absolute atomic E-state index is 9.84. The van der Waals surface area contributed by atoms with Crippen molar-refractivity contribution >= 4 is 17.1 Å². The van der Waals surface area contributed by atoms with Crippen LogP contribution < -0.4 is 16.8 Å². The molecule has 1 fully saturated rings. The van der Waals surface area contributed by atoms with Crippen LogP contribution in [0.1, 0.15) is 25.7 Å². The third kappa shape index (κ3) is 2.39. The van der Waals surface area contributed by atoms with Gasteiger partial charge in [-0.3, -0.25) is 0 Å². The predicted octanol–water partition coefficient (Wildman–Crippen LogP) is 1.57. The van der Waals surface area contributed by atoms with Crippen LogP contribution in [-0.4, -0.2) is 17.3 Å². The van der Waals surface area contributed by atoms with Gasteiger partial charge in [0.05, 0.1) is 23.5 Å². The van der Waals surface area contributed by atoms with Crippen LogP contribution in [0.2, 0.25) is 0 Å². The molecule has 0 saturated heterocycles. The van der Waals surface area contributed by atoms with Gasteiger partial charge in [0.25, 0.3) is 0 Å². The summed E-state index contributed by atoms with van der Waals surface area (Å²) in [4.78, 5) is 0. The van der Waals surface area contributed by atoms with E-state index in [1.807, 2.05) is 12.1 Å². The monoisotopic (exact) mass is 221 g/mol. The maximum atomic E-state index is 9.84. The molecule has 16 heavy (non-hydrogen) atoms. The minimum atomic E-state index is -0.257.